The van der Waals surface area contributed by atoms with Crippen molar-refractivity contribution in [3.63, 3.8) is 0 Å². The molecule has 26 heavy (non-hydrogen) atoms. The van der Waals surface area contributed by atoms with Gasteiger partial charge in [0.2, 0.25) is 0 Å². The van der Waals surface area contributed by atoms with Gasteiger partial charge >= 0.3 is 6.18 Å². The molecule has 0 saturated carbocycles. The Bertz CT molecular complexity index is 788. The van der Waals surface area contributed by atoms with E-state index < -0.39 is 11.9 Å². The van der Waals surface area contributed by atoms with E-state index in [1.807, 2.05) is 4.90 Å². The first-order chi connectivity index (χ1) is 12.3. The normalized spacial score (nSPS) is 15.9. The van der Waals surface area contributed by atoms with Crippen LogP contribution in [-0.2, 0) is 6.18 Å². The second-order valence-corrected chi connectivity index (χ2v) is 6.05. The van der Waals surface area contributed by atoms with Gasteiger partial charge in [-0.3, -0.25) is 4.79 Å². The number of amides is 1. The van der Waals surface area contributed by atoms with E-state index in [-0.39, 0.29) is 5.91 Å². The molecule has 2 aromatic rings. The average molecular weight is 369 g/mol. The molecular formula is C16H18F3N5O2. The van der Waals surface area contributed by atoms with Crippen molar-refractivity contribution < 1.29 is 22.4 Å². The molecule has 0 aromatic carbocycles. The molecule has 10 heteroatoms. The van der Waals surface area contributed by atoms with Crippen LogP contribution in [0.25, 0.3) is 0 Å². The van der Waals surface area contributed by atoms with Crippen molar-refractivity contribution in [3.05, 3.63) is 35.2 Å². The van der Waals surface area contributed by atoms with Crippen molar-refractivity contribution in [2.24, 2.45) is 0 Å². The van der Waals surface area contributed by atoms with Crippen LogP contribution in [0, 0.1) is 13.8 Å². The molecule has 1 amide bonds. The number of oxazole rings is 1. The van der Waals surface area contributed by atoms with E-state index in [4.69, 9.17) is 4.42 Å². The van der Waals surface area contributed by atoms with Gasteiger partial charge in [0.1, 0.15) is 5.76 Å². The van der Waals surface area contributed by atoms with Crippen LogP contribution in [0.4, 0.5) is 19.0 Å². The molecule has 0 aliphatic carbocycles. The van der Waals surface area contributed by atoms with Gasteiger partial charge in [-0.1, -0.05) is 0 Å². The molecular weight excluding hydrogens is 351 g/mol. The fourth-order valence-corrected chi connectivity index (χ4v) is 2.87. The Labute approximate surface area is 147 Å². The maximum Gasteiger partial charge on any atom is 0.435 e. The number of nitrogens with zero attached hydrogens (tertiary/aromatic N) is 5. The number of alkyl halides is 3. The molecule has 1 fully saturated rings. The standard InChI is InChI=1S/C16H18F3N5O2/c1-10-14(20-11(2)26-10)15(25)24-7-3-6-23(8-9-24)13-5-4-12(21-22-13)16(17,18)19/h4-5H,3,6-9H2,1-2H3. The molecule has 3 rings (SSSR count). The average Bonchev–Trinajstić information content (AvgIpc) is 2.79. The van der Waals surface area contributed by atoms with E-state index in [0.717, 1.165) is 6.07 Å². The van der Waals surface area contributed by atoms with Crippen LogP contribution in [0.1, 0.15) is 34.3 Å². The molecule has 3 heterocycles. The summed E-state index contributed by atoms with van der Waals surface area (Å²) in [5.74, 6) is 1.06. The lowest BCUT2D eigenvalue weighted by molar-refractivity contribution is -0.141. The summed E-state index contributed by atoms with van der Waals surface area (Å²) in [5, 5.41) is 6.93. The van der Waals surface area contributed by atoms with Crippen LogP contribution in [0.2, 0.25) is 0 Å². The topological polar surface area (TPSA) is 75.4 Å². The monoisotopic (exact) mass is 369 g/mol. The number of hydrogen-bond donors (Lipinski definition) is 0. The number of rotatable bonds is 2. The number of carbonyl (C=O) groups is 1. The zero-order valence-electron chi connectivity index (χ0n) is 14.4. The highest BCUT2D eigenvalue weighted by atomic mass is 19.4. The van der Waals surface area contributed by atoms with E-state index in [9.17, 15) is 18.0 Å². The summed E-state index contributed by atoms with van der Waals surface area (Å²) < 4.78 is 43.1. The summed E-state index contributed by atoms with van der Waals surface area (Å²) in [6.07, 6.45) is -3.86. The summed E-state index contributed by atoms with van der Waals surface area (Å²) >= 11 is 0. The molecule has 0 unspecified atom stereocenters. The molecule has 0 radical (unpaired) electrons. The maximum atomic E-state index is 12.6. The van der Waals surface area contributed by atoms with Gasteiger partial charge in [-0.25, -0.2) is 4.98 Å². The van der Waals surface area contributed by atoms with Crippen LogP contribution < -0.4 is 4.90 Å². The molecule has 0 atom stereocenters. The van der Waals surface area contributed by atoms with Gasteiger partial charge in [-0.2, -0.15) is 13.2 Å². The highest BCUT2D eigenvalue weighted by Gasteiger charge is 2.33. The minimum Gasteiger partial charge on any atom is -0.445 e. The fourth-order valence-electron chi connectivity index (χ4n) is 2.87. The highest BCUT2D eigenvalue weighted by Crippen LogP contribution is 2.27. The van der Waals surface area contributed by atoms with Crippen molar-refractivity contribution in [3.8, 4) is 0 Å². The zero-order chi connectivity index (χ0) is 18.9. The molecule has 0 spiro atoms. The van der Waals surface area contributed by atoms with E-state index in [1.165, 1.54) is 6.07 Å². The lowest BCUT2D eigenvalue weighted by Crippen LogP contribution is -2.36. The molecule has 7 nitrogen and oxygen atoms in total. The van der Waals surface area contributed by atoms with Gasteiger partial charge in [-0.05, 0) is 25.5 Å². The molecule has 1 saturated heterocycles. The minimum absolute atomic E-state index is 0.209. The molecule has 0 N–H and O–H groups in total. The fraction of sp³-hybridized carbons (Fsp3) is 0.500. The van der Waals surface area contributed by atoms with Crippen molar-refractivity contribution in [2.45, 2.75) is 26.4 Å². The largest absolute Gasteiger partial charge is 0.445 e. The number of aromatic nitrogens is 3. The molecule has 140 valence electrons. The summed E-state index contributed by atoms with van der Waals surface area (Å²) in [5.41, 5.74) is -0.727. The maximum absolute atomic E-state index is 12.6. The summed E-state index contributed by atoms with van der Waals surface area (Å²) in [7, 11) is 0. The van der Waals surface area contributed by atoms with Gasteiger partial charge in [0, 0.05) is 33.1 Å². The molecule has 2 aromatic heterocycles. The van der Waals surface area contributed by atoms with Crippen LogP contribution in [-0.4, -0.2) is 52.2 Å². The predicted octanol–water partition coefficient (Wildman–Crippen LogP) is 2.45. The Morgan fingerprint density at radius 2 is 1.88 bits per heavy atom. The third-order valence-electron chi connectivity index (χ3n) is 4.15. The number of anilines is 1. The number of carbonyl (C=O) groups excluding carboxylic acids is 1. The van der Waals surface area contributed by atoms with Gasteiger partial charge in [0.15, 0.2) is 23.1 Å². The van der Waals surface area contributed by atoms with E-state index >= 15 is 0 Å². The van der Waals surface area contributed by atoms with Crippen LogP contribution in [0.15, 0.2) is 16.5 Å². The lowest BCUT2D eigenvalue weighted by Gasteiger charge is -2.22. The number of aryl methyl sites for hydroxylation is 2. The van der Waals surface area contributed by atoms with Crippen molar-refractivity contribution in [1.29, 1.82) is 0 Å². The Hall–Kier alpha value is -2.65. The highest BCUT2D eigenvalue weighted by molar-refractivity contribution is 5.93. The third-order valence-corrected chi connectivity index (χ3v) is 4.15. The van der Waals surface area contributed by atoms with E-state index in [1.54, 1.807) is 18.7 Å². The smallest absolute Gasteiger partial charge is 0.435 e. The number of halogens is 3. The van der Waals surface area contributed by atoms with Crippen molar-refractivity contribution in [1.82, 2.24) is 20.1 Å². The Morgan fingerprint density at radius 1 is 1.12 bits per heavy atom. The Kier molecular flexibility index (Phi) is 4.84. The lowest BCUT2D eigenvalue weighted by atomic mass is 10.3. The van der Waals surface area contributed by atoms with E-state index in [2.05, 4.69) is 15.2 Å². The molecule has 1 aliphatic rings. The van der Waals surface area contributed by atoms with Crippen molar-refractivity contribution >= 4 is 11.7 Å². The van der Waals surface area contributed by atoms with Gasteiger partial charge in [0.05, 0.1) is 0 Å². The van der Waals surface area contributed by atoms with Crippen molar-refractivity contribution in [2.75, 3.05) is 31.1 Å². The van der Waals surface area contributed by atoms with Crippen LogP contribution in [0.5, 0.6) is 0 Å². The van der Waals surface area contributed by atoms with Gasteiger partial charge in [-0.15, -0.1) is 10.2 Å². The third kappa shape index (κ3) is 3.78. The first-order valence-electron chi connectivity index (χ1n) is 8.15. The predicted molar refractivity (Wildman–Crippen MR) is 85.7 cm³/mol. The first kappa shape index (κ1) is 18.2. The summed E-state index contributed by atoms with van der Waals surface area (Å²) in [6, 6.07) is 2.22. The zero-order valence-corrected chi connectivity index (χ0v) is 14.4. The summed E-state index contributed by atoms with van der Waals surface area (Å²) in [6.45, 7) is 5.32. The van der Waals surface area contributed by atoms with Gasteiger partial charge < -0.3 is 14.2 Å². The van der Waals surface area contributed by atoms with Crippen LogP contribution in [0.3, 0.4) is 0 Å². The second kappa shape index (κ2) is 6.93. The number of hydrogen-bond acceptors (Lipinski definition) is 6. The summed E-state index contributed by atoms with van der Waals surface area (Å²) in [4.78, 5) is 20.2. The van der Waals surface area contributed by atoms with E-state index in [0.29, 0.717) is 55.8 Å². The minimum atomic E-state index is -4.51. The van der Waals surface area contributed by atoms with Crippen LogP contribution >= 0.6 is 0 Å². The van der Waals surface area contributed by atoms with Gasteiger partial charge in [0.25, 0.3) is 5.91 Å². The Morgan fingerprint density at radius 3 is 2.46 bits per heavy atom. The Balaban J connectivity index is 1.68. The quantitative estimate of drug-likeness (QED) is 0.810. The SMILES string of the molecule is Cc1nc(C(=O)N2CCCN(c3ccc(C(F)(F)F)nn3)CC2)c(C)o1. The second-order valence-electron chi connectivity index (χ2n) is 6.05. The molecule has 0 bridgehead atoms. The first-order valence-corrected chi connectivity index (χ1v) is 8.15. The molecule has 1 aliphatic heterocycles.